The minimum absolute atomic E-state index is 0.00860. The Labute approximate surface area is 229 Å². The second-order valence-electron chi connectivity index (χ2n) is 10.2. The average Bonchev–Trinajstić information content (AvgIpc) is 2.93. The van der Waals surface area contributed by atoms with E-state index in [9.17, 15) is 9.59 Å². The monoisotopic (exact) mass is 525 g/mol. The van der Waals surface area contributed by atoms with Gasteiger partial charge in [0.05, 0.1) is 17.1 Å². The number of piperidine rings is 1. The molecule has 0 radical (unpaired) electrons. The molecule has 1 N–H and O–H groups in total. The molecule has 6 heteroatoms. The summed E-state index contributed by atoms with van der Waals surface area (Å²) in [4.78, 5) is 32.4. The number of hydrogen-bond donors (Lipinski definition) is 1. The smallest absolute Gasteiger partial charge is 0.265 e. The van der Waals surface area contributed by atoms with Crippen molar-refractivity contribution in [1.29, 1.82) is 0 Å². The third-order valence-electron chi connectivity index (χ3n) is 7.52. The number of fused-ring (bicyclic) bond motifs is 1. The van der Waals surface area contributed by atoms with Gasteiger partial charge in [0.1, 0.15) is 0 Å². The number of thioether (sulfide) groups is 1. The predicted octanol–water partition coefficient (Wildman–Crippen LogP) is 6.28. The Morgan fingerprint density at radius 1 is 1.03 bits per heavy atom. The second kappa shape index (κ2) is 12.0. The van der Waals surface area contributed by atoms with Gasteiger partial charge in [-0.05, 0) is 80.3 Å². The maximum Gasteiger partial charge on any atom is 0.265 e. The molecule has 0 spiro atoms. The third kappa shape index (κ3) is 6.03. The van der Waals surface area contributed by atoms with Crippen LogP contribution in [0.15, 0.2) is 82.6 Å². The number of carbonyl (C=O) groups is 2. The van der Waals surface area contributed by atoms with Crippen LogP contribution >= 0.6 is 11.8 Å². The number of hydrogen-bond acceptors (Lipinski definition) is 4. The molecule has 1 atom stereocenters. The summed E-state index contributed by atoms with van der Waals surface area (Å²) in [6.45, 7) is 7.52. The number of aryl methyl sites for hydroxylation is 1. The maximum atomic E-state index is 13.6. The van der Waals surface area contributed by atoms with Gasteiger partial charge in [-0.15, -0.1) is 0 Å². The minimum atomic E-state index is -0.0599. The summed E-state index contributed by atoms with van der Waals surface area (Å²) in [5.74, 6) is -0.0685. The zero-order chi connectivity index (χ0) is 26.5. The van der Waals surface area contributed by atoms with Gasteiger partial charge in [0.2, 0.25) is 0 Å². The molecule has 0 aliphatic carbocycles. The van der Waals surface area contributed by atoms with Crippen LogP contribution in [-0.2, 0) is 11.3 Å². The molecule has 0 saturated carbocycles. The third-order valence-corrected chi connectivity index (χ3v) is 8.59. The van der Waals surface area contributed by atoms with Crippen molar-refractivity contribution in [1.82, 2.24) is 10.2 Å². The summed E-state index contributed by atoms with van der Waals surface area (Å²) in [7, 11) is 0. The number of nitrogens with one attached hydrogen (secondary N) is 1. The van der Waals surface area contributed by atoms with Gasteiger partial charge in [0, 0.05) is 29.6 Å². The first-order valence-corrected chi connectivity index (χ1v) is 14.3. The van der Waals surface area contributed by atoms with Crippen LogP contribution in [0.25, 0.3) is 6.08 Å². The van der Waals surface area contributed by atoms with Crippen molar-refractivity contribution in [3.8, 4) is 0 Å². The SMILES string of the molecule is Cc1ccccc1CN1C(=O)/C(=C/c2ccc(C(=O)NCCN3CCCCC3C)cc2)Sc2ccccc21. The molecule has 196 valence electrons. The van der Waals surface area contributed by atoms with Crippen molar-refractivity contribution in [2.75, 3.05) is 24.5 Å². The Bertz CT molecular complexity index is 1330. The highest BCUT2D eigenvalue weighted by Crippen LogP contribution is 2.42. The minimum Gasteiger partial charge on any atom is -0.351 e. The molecular formula is C32H35N3O2S. The normalized spacial score (nSPS) is 18.9. The molecule has 1 fully saturated rings. The highest BCUT2D eigenvalue weighted by atomic mass is 32.2. The summed E-state index contributed by atoms with van der Waals surface area (Å²) >= 11 is 1.50. The Hall–Kier alpha value is -3.35. The van der Waals surface area contributed by atoms with Crippen LogP contribution in [0, 0.1) is 6.92 Å². The van der Waals surface area contributed by atoms with Crippen LogP contribution in [0.5, 0.6) is 0 Å². The topological polar surface area (TPSA) is 52.7 Å². The molecule has 2 heterocycles. The molecule has 0 aromatic heterocycles. The van der Waals surface area contributed by atoms with Crippen LogP contribution in [-0.4, -0.2) is 42.4 Å². The van der Waals surface area contributed by atoms with Crippen molar-refractivity contribution in [2.45, 2.75) is 50.6 Å². The summed E-state index contributed by atoms with van der Waals surface area (Å²) in [6, 6.07) is 24.3. The van der Waals surface area contributed by atoms with E-state index in [1.165, 1.54) is 36.6 Å². The zero-order valence-electron chi connectivity index (χ0n) is 22.2. The van der Waals surface area contributed by atoms with Gasteiger partial charge in [-0.1, -0.05) is 66.7 Å². The molecular weight excluding hydrogens is 490 g/mol. The number of carbonyl (C=O) groups excluding carboxylic acids is 2. The Morgan fingerprint density at radius 2 is 1.79 bits per heavy atom. The van der Waals surface area contributed by atoms with Gasteiger partial charge in [-0.25, -0.2) is 0 Å². The molecule has 1 unspecified atom stereocenters. The van der Waals surface area contributed by atoms with Gasteiger partial charge in [0.15, 0.2) is 0 Å². The summed E-state index contributed by atoms with van der Waals surface area (Å²) in [6.07, 6.45) is 5.70. The molecule has 2 aliphatic heterocycles. The average molecular weight is 526 g/mol. The molecule has 5 nitrogen and oxygen atoms in total. The fourth-order valence-corrected chi connectivity index (χ4v) is 6.22. The predicted molar refractivity (Wildman–Crippen MR) is 156 cm³/mol. The highest BCUT2D eigenvalue weighted by molar-refractivity contribution is 8.04. The standard InChI is InChI=1S/C32H35N3O2S/c1-23-9-3-4-11-27(23)22-35-28-12-5-6-13-29(28)38-30(32(35)37)21-25-14-16-26(17-15-25)31(36)33-18-20-34-19-8-7-10-24(34)2/h3-6,9,11-17,21,24H,7-8,10,18-20,22H2,1-2H3,(H,33,36)/b30-21-. The summed E-state index contributed by atoms with van der Waals surface area (Å²) in [5.41, 5.74) is 4.77. The van der Waals surface area contributed by atoms with Crippen molar-refractivity contribution < 1.29 is 9.59 Å². The van der Waals surface area contributed by atoms with E-state index in [1.54, 1.807) is 0 Å². The van der Waals surface area contributed by atoms with E-state index in [1.807, 2.05) is 65.6 Å². The molecule has 1 saturated heterocycles. The number of likely N-dealkylation sites (tertiary alicyclic amines) is 1. The van der Waals surface area contributed by atoms with E-state index in [2.05, 4.69) is 42.3 Å². The van der Waals surface area contributed by atoms with Crippen LogP contribution in [0.2, 0.25) is 0 Å². The van der Waals surface area contributed by atoms with Gasteiger partial charge >= 0.3 is 0 Å². The first-order valence-electron chi connectivity index (χ1n) is 13.5. The van der Waals surface area contributed by atoms with Gasteiger partial charge < -0.3 is 10.2 Å². The van der Waals surface area contributed by atoms with E-state index in [0.29, 0.717) is 29.6 Å². The molecule has 38 heavy (non-hydrogen) atoms. The number of rotatable bonds is 7. The van der Waals surface area contributed by atoms with Gasteiger partial charge in [-0.3, -0.25) is 14.5 Å². The number of anilines is 1. The van der Waals surface area contributed by atoms with Crippen LogP contribution in [0.1, 0.15) is 53.2 Å². The van der Waals surface area contributed by atoms with Crippen LogP contribution in [0.3, 0.4) is 0 Å². The van der Waals surface area contributed by atoms with E-state index < -0.39 is 0 Å². The second-order valence-corrected chi connectivity index (χ2v) is 11.2. The van der Waals surface area contributed by atoms with Crippen molar-refractivity contribution in [2.24, 2.45) is 0 Å². The zero-order valence-corrected chi connectivity index (χ0v) is 23.0. The Kier molecular flexibility index (Phi) is 8.30. The van der Waals surface area contributed by atoms with Crippen molar-refractivity contribution in [3.63, 3.8) is 0 Å². The number of para-hydroxylation sites is 1. The largest absolute Gasteiger partial charge is 0.351 e. The van der Waals surface area contributed by atoms with Gasteiger partial charge in [-0.2, -0.15) is 0 Å². The lowest BCUT2D eigenvalue weighted by atomic mass is 10.0. The first-order chi connectivity index (χ1) is 18.5. The first kappa shape index (κ1) is 26.3. The molecule has 0 bridgehead atoms. The van der Waals surface area contributed by atoms with E-state index in [0.717, 1.165) is 34.8 Å². The van der Waals surface area contributed by atoms with Crippen LogP contribution in [0.4, 0.5) is 5.69 Å². The quantitative estimate of drug-likeness (QED) is 0.369. The number of amides is 2. The van der Waals surface area contributed by atoms with E-state index in [-0.39, 0.29) is 11.8 Å². The van der Waals surface area contributed by atoms with E-state index in [4.69, 9.17) is 0 Å². The van der Waals surface area contributed by atoms with Crippen molar-refractivity contribution in [3.05, 3.63) is 100.0 Å². The highest BCUT2D eigenvalue weighted by Gasteiger charge is 2.29. The molecule has 2 amide bonds. The van der Waals surface area contributed by atoms with Crippen LogP contribution < -0.4 is 10.2 Å². The Morgan fingerprint density at radius 3 is 2.58 bits per heavy atom. The summed E-state index contributed by atoms with van der Waals surface area (Å²) in [5, 5.41) is 3.06. The van der Waals surface area contributed by atoms with Gasteiger partial charge in [0.25, 0.3) is 11.8 Å². The number of nitrogens with zero attached hydrogens (tertiary/aromatic N) is 2. The summed E-state index contributed by atoms with van der Waals surface area (Å²) < 4.78 is 0. The Balaban J connectivity index is 1.27. The lowest BCUT2D eigenvalue weighted by Crippen LogP contribution is -2.42. The van der Waals surface area contributed by atoms with Crippen molar-refractivity contribution >= 4 is 35.3 Å². The lowest BCUT2D eigenvalue weighted by Gasteiger charge is -2.33. The van der Waals surface area contributed by atoms with E-state index >= 15 is 0 Å². The maximum absolute atomic E-state index is 13.6. The molecule has 3 aromatic carbocycles. The number of benzene rings is 3. The molecule has 2 aliphatic rings. The molecule has 5 rings (SSSR count). The lowest BCUT2D eigenvalue weighted by molar-refractivity contribution is -0.114. The molecule has 3 aromatic rings. The fraction of sp³-hybridized carbons (Fsp3) is 0.312. The fourth-order valence-electron chi connectivity index (χ4n) is 5.16.